The Morgan fingerprint density at radius 3 is 0.935 bits per heavy atom. The van der Waals surface area contributed by atoms with Gasteiger partial charge < -0.3 is 0 Å². The van der Waals surface area contributed by atoms with Crippen LogP contribution in [0.4, 0.5) is 0 Å². The smallest absolute Gasteiger partial charge is 0 e. The van der Waals surface area contributed by atoms with Gasteiger partial charge in [-0.25, -0.2) is 0 Å². The number of rotatable bonds is 6. The molecule has 0 N–H and O–H groups in total. The van der Waals surface area contributed by atoms with Crippen LogP contribution < -0.4 is 21.2 Å². The Balaban J connectivity index is 0.000000226. The summed E-state index contributed by atoms with van der Waals surface area (Å²) >= 11 is 0.569. The molecule has 46 heavy (non-hydrogen) atoms. The minimum atomic E-state index is -0.371. The molecule has 0 saturated heterocycles. The van der Waals surface area contributed by atoms with E-state index in [1.807, 2.05) is 0 Å². The molecule has 244 valence electrons. The second kappa shape index (κ2) is 24.5. The summed E-state index contributed by atoms with van der Waals surface area (Å²) < 4.78 is 0. The summed E-state index contributed by atoms with van der Waals surface area (Å²) in [7, 11) is 8.66. The quantitative estimate of drug-likeness (QED) is 0.135. The fraction of sp³-hybridized carbons (Fsp3) is 0.200. The molecule has 0 spiro atoms. The third-order valence-electron chi connectivity index (χ3n) is 7.53. The van der Waals surface area contributed by atoms with Gasteiger partial charge in [0.1, 0.15) is 0 Å². The fourth-order valence-corrected chi connectivity index (χ4v) is 10.6. The first-order valence-corrected chi connectivity index (χ1v) is 21.0. The Kier molecular flexibility index (Phi) is 21.2. The predicted octanol–water partition coefficient (Wildman–Crippen LogP) is 11.1. The molecule has 0 aromatic heterocycles. The molecule has 2 aliphatic rings. The van der Waals surface area contributed by atoms with Crippen LogP contribution in [-0.4, -0.2) is 0 Å². The van der Waals surface area contributed by atoms with E-state index in [0.29, 0.717) is 12.7 Å². The van der Waals surface area contributed by atoms with Gasteiger partial charge in [0, 0.05) is 28.4 Å². The molecule has 4 aromatic rings. The van der Waals surface area contributed by atoms with Gasteiger partial charge in [-0.2, -0.15) is 0 Å². The van der Waals surface area contributed by atoms with E-state index in [2.05, 4.69) is 160 Å². The summed E-state index contributed by atoms with van der Waals surface area (Å²) in [5, 5.41) is 5.87. The van der Waals surface area contributed by atoms with Crippen LogP contribution in [-0.2, 0) is 29.7 Å². The van der Waals surface area contributed by atoms with Crippen LogP contribution >= 0.6 is 36.2 Å². The normalized spacial score (nSPS) is 16.3. The van der Waals surface area contributed by atoms with Crippen molar-refractivity contribution in [3.63, 3.8) is 0 Å². The van der Waals surface area contributed by atoms with E-state index >= 15 is 0 Å². The van der Waals surface area contributed by atoms with Gasteiger partial charge in [0.2, 0.25) is 0 Å². The number of hydrogen-bond donors (Lipinski definition) is 0. The molecule has 0 atom stereocenters. The van der Waals surface area contributed by atoms with Gasteiger partial charge in [-0.3, -0.25) is 0 Å². The number of hydrogen-bond acceptors (Lipinski definition) is 0. The Hall–Kier alpha value is -0.667. The Bertz CT molecular complexity index is 1090. The maximum atomic E-state index is 4.70. The number of benzene rings is 4. The van der Waals surface area contributed by atoms with Crippen LogP contribution in [0, 0.1) is 49.8 Å². The van der Waals surface area contributed by atoms with Gasteiger partial charge >= 0.3 is 33.0 Å². The molecule has 0 unspecified atom stereocenters. The van der Waals surface area contributed by atoms with Crippen molar-refractivity contribution in [2.24, 2.45) is 0 Å². The van der Waals surface area contributed by atoms with Gasteiger partial charge in [-0.05, 0) is 127 Å². The largest absolute Gasteiger partial charge is 0 e. The summed E-state index contributed by atoms with van der Waals surface area (Å²) in [6, 6.07) is 44.0. The maximum absolute atomic E-state index is 4.70. The van der Waals surface area contributed by atoms with Gasteiger partial charge in [0.25, 0.3) is 0 Å². The Labute approximate surface area is 307 Å². The van der Waals surface area contributed by atoms with Crippen LogP contribution in [0.15, 0.2) is 121 Å². The zero-order valence-electron chi connectivity index (χ0n) is 26.0. The SMILES string of the molecule is [CH]1[CH]CC[C](P(c2ccccc2)c2ccccc2)[CH]CC1.[CH]1[CH]CC[C](P(c2ccccc2)c2ccccc2)[CH]CC1.[Cl][Ni][Cl].[Fe]. The van der Waals surface area contributed by atoms with Gasteiger partial charge in [0.15, 0.2) is 0 Å². The van der Waals surface area contributed by atoms with E-state index < -0.39 is 0 Å². The molecule has 0 aliphatic heterocycles. The van der Waals surface area contributed by atoms with Crippen LogP contribution in [0.1, 0.15) is 51.4 Å². The molecule has 2 fully saturated rings. The third-order valence-corrected chi connectivity index (χ3v) is 12.7. The molecule has 6 rings (SSSR count). The van der Waals surface area contributed by atoms with Crippen molar-refractivity contribution in [1.82, 2.24) is 0 Å². The van der Waals surface area contributed by atoms with Crippen molar-refractivity contribution in [2.45, 2.75) is 51.4 Å². The summed E-state index contributed by atoms with van der Waals surface area (Å²) in [6.45, 7) is 0. The van der Waals surface area contributed by atoms with Crippen molar-refractivity contribution >= 4 is 57.4 Å². The third kappa shape index (κ3) is 13.7. The molecule has 0 nitrogen and oxygen atoms in total. The van der Waals surface area contributed by atoms with E-state index in [1.54, 1.807) is 11.3 Å². The average Bonchev–Trinajstić information content (AvgIpc) is 3.06. The topological polar surface area (TPSA) is 0 Å². The first-order chi connectivity index (χ1) is 22.3. The van der Waals surface area contributed by atoms with Gasteiger partial charge in [0.05, 0.1) is 0 Å². The Morgan fingerprint density at radius 1 is 0.391 bits per heavy atom. The molecule has 0 heterocycles. The van der Waals surface area contributed by atoms with Crippen molar-refractivity contribution in [3.05, 3.63) is 171 Å². The van der Waals surface area contributed by atoms with Gasteiger partial charge in [-0.15, -0.1) is 0 Å². The zero-order chi connectivity index (χ0) is 31.4. The average molecular weight is 770 g/mol. The predicted molar refractivity (Wildman–Crippen MR) is 199 cm³/mol. The van der Waals surface area contributed by atoms with E-state index in [4.69, 9.17) is 20.4 Å². The molecule has 0 bridgehead atoms. The van der Waals surface area contributed by atoms with E-state index in [1.165, 1.54) is 72.6 Å². The molecule has 2 aliphatic carbocycles. The molecule has 6 heteroatoms. The standard InChI is InChI=1S/2C20H21P.2ClH.Fe.Ni/c2*1-2-6-12-18(13-7-3-1)21(19-14-8-4-9-15-19)20-16-10-5-11-17-20;;;;/h2*1-2,4-5,8-11,13-17H,3,6-7,12H2;2*1H;;/q;;;;;+2/p-2. The summed E-state index contributed by atoms with van der Waals surface area (Å²) in [5.41, 5.74) is 3.26. The minimum absolute atomic E-state index is 0. The van der Waals surface area contributed by atoms with Crippen molar-refractivity contribution < 1.29 is 29.7 Å². The summed E-state index contributed by atoms with van der Waals surface area (Å²) in [6.07, 6.45) is 23.7. The van der Waals surface area contributed by atoms with Crippen LogP contribution in [0.25, 0.3) is 0 Å². The van der Waals surface area contributed by atoms with Crippen molar-refractivity contribution in [1.29, 1.82) is 0 Å². The first kappa shape index (κ1) is 39.8. The van der Waals surface area contributed by atoms with Crippen LogP contribution in [0.5, 0.6) is 0 Å². The molecule has 2 saturated carbocycles. The molecular formula is C40H42Cl2FeNiP2. The second-order valence-electron chi connectivity index (χ2n) is 10.6. The number of halogens is 2. The van der Waals surface area contributed by atoms with Crippen LogP contribution in [0.3, 0.4) is 0 Å². The van der Waals surface area contributed by atoms with E-state index in [-0.39, 0.29) is 32.9 Å². The fourth-order valence-electron chi connectivity index (χ4n) is 5.51. The van der Waals surface area contributed by atoms with Crippen LogP contribution in [0.2, 0.25) is 0 Å². The van der Waals surface area contributed by atoms with Crippen molar-refractivity contribution in [2.75, 3.05) is 0 Å². The molecule has 4 aromatic carbocycles. The Morgan fingerprint density at radius 2 is 0.652 bits per heavy atom. The van der Waals surface area contributed by atoms with E-state index in [0.717, 1.165) is 0 Å². The second-order valence-corrected chi connectivity index (χ2v) is 16.8. The van der Waals surface area contributed by atoms with Crippen molar-refractivity contribution in [3.8, 4) is 0 Å². The summed E-state index contributed by atoms with van der Waals surface area (Å²) in [5.74, 6) is 0. The molecule has 8 radical (unpaired) electrons. The van der Waals surface area contributed by atoms with Gasteiger partial charge in [-0.1, -0.05) is 121 Å². The molecular weight excluding hydrogens is 728 g/mol. The summed E-state index contributed by atoms with van der Waals surface area (Å²) in [4.78, 5) is 0. The maximum Gasteiger partial charge on any atom is 0 e. The first-order valence-electron chi connectivity index (χ1n) is 15.6. The minimum Gasteiger partial charge on any atom is 0 e. The van der Waals surface area contributed by atoms with E-state index in [9.17, 15) is 0 Å². The molecule has 0 amide bonds. The zero-order valence-corrected chi connectivity index (χ0v) is 31.4. The monoisotopic (exact) mass is 768 g/mol.